The Hall–Kier alpha value is -1.78. The third-order valence-corrected chi connectivity index (χ3v) is 7.07. The third-order valence-electron chi connectivity index (χ3n) is 5.02. The second-order valence-corrected chi connectivity index (χ2v) is 9.48. The Bertz CT molecular complexity index is 828. The van der Waals surface area contributed by atoms with Crippen LogP contribution in [0.4, 0.5) is 0 Å². The Kier molecular flexibility index (Phi) is 5.73. The van der Waals surface area contributed by atoms with Gasteiger partial charge in [0.2, 0.25) is 0 Å². The maximum absolute atomic E-state index is 12.8. The Morgan fingerprint density at radius 2 is 2.00 bits per heavy atom. The lowest BCUT2D eigenvalue weighted by Crippen LogP contribution is -2.48. The van der Waals surface area contributed by atoms with Crippen LogP contribution in [-0.4, -0.2) is 49.4 Å². The minimum absolute atomic E-state index is 0.0346. The predicted octanol–water partition coefficient (Wildman–Crippen LogP) is 2.55. The molecule has 0 radical (unpaired) electrons. The molecule has 1 amide bonds. The third kappa shape index (κ3) is 4.30. The molecule has 1 aromatic carbocycles. The van der Waals surface area contributed by atoms with Crippen molar-refractivity contribution in [3.05, 3.63) is 28.8 Å². The standard InChI is InChI=1S/C18H21ClN2O4S/c19-16-9-13(10-20)5-6-17(16)25-11-18(22)21(14-3-1-2-4-14)15-7-8-26(23,24)12-15/h5-6,9,14-15H,1-4,7-8,11-12H2/t15-/m1/s1. The summed E-state index contributed by atoms with van der Waals surface area (Å²) in [5.41, 5.74) is 0.414. The zero-order valence-electron chi connectivity index (χ0n) is 14.4. The van der Waals surface area contributed by atoms with Crippen LogP contribution in [0.25, 0.3) is 0 Å². The number of ether oxygens (including phenoxy) is 1. The summed E-state index contributed by atoms with van der Waals surface area (Å²) in [6.07, 6.45) is 4.40. The highest BCUT2D eigenvalue weighted by atomic mass is 35.5. The van der Waals surface area contributed by atoms with E-state index >= 15 is 0 Å². The molecular formula is C18H21ClN2O4S. The van der Waals surface area contributed by atoms with Crippen LogP contribution in [0.2, 0.25) is 5.02 Å². The number of halogens is 1. The van der Waals surface area contributed by atoms with Gasteiger partial charge in [0, 0.05) is 12.1 Å². The van der Waals surface area contributed by atoms with Gasteiger partial charge in [0.25, 0.3) is 5.91 Å². The molecule has 0 bridgehead atoms. The van der Waals surface area contributed by atoms with Crippen molar-refractivity contribution in [3.8, 4) is 11.8 Å². The van der Waals surface area contributed by atoms with Gasteiger partial charge in [-0.25, -0.2) is 8.42 Å². The molecule has 0 aromatic heterocycles. The normalized spacial score (nSPS) is 22.1. The molecule has 1 aliphatic heterocycles. The number of nitrogens with zero attached hydrogens (tertiary/aromatic N) is 2. The Labute approximate surface area is 158 Å². The van der Waals surface area contributed by atoms with Crippen molar-refractivity contribution in [2.24, 2.45) is 0 Å². The van der Waals surface area contributed by atoms with E-state index < -0.39 is 9.84 Å². The lowest BCUT2D eigenvalue weighted by atomic mass is 10.1. The monoisotopic (exact) mass is 396 g/mol. The highest BCUT2D eigenvalue weighted by molar-refractivity contribution is 7.91. The lowest BCUT2D eigenvalue weighted by molar-refractivity contribution is -0.137. The molecule has 1 aliphatic carbocycles. The number of amides is 1. The van der Waals surface area contributed by atoms with E-state index in [9.17, 15) is 13.2 Å². The Morgan fingerprint density at radius 1 is 1.27 bits per heavy atom. The van der Waals surface area contributed by atoms with E-state index in [1.54, 1.807) is 17.0 Å². The van der Waals surface area contributed by atoms with Gasteiger partial charge in [-0.15, -0.1) is 0 Å². The first-order valence-electron chi connectivity index (χ1n) is 8.73. The van der Waals surface area contributed by atoms with E-state index in [1.165, 1.54) is 6.07 Å². The fraction of sp³-hybridized carbons (Fsp3) is 0.556. The molecule has 8 heteroatoms. The van der Waals surface area contributed by atoms with Crippen LogP contribution in [0.5, 0.6) is 5.75 Å². The second-order valence-electron chi connectivity index (χ2n) is 6.84. The molecule has 0 N–H and O–H groups in total. The van der Waals surface area contributed by atoms with Crippen LogP contribution < -0.4 is 4.74 Å². The van der Waals surface area contributed by atoms with Crippen LogP contribution in [0.3, 0.4) is 0 Å². The molecule has 2 aliphatic rings. The summed E-state index contributed by atoms with van der Waals surface area (Å²) in [5, 5.41) is 9.14. The average molecular weight is 397 g/mol. The van der Waals surface area contributed by atoms with Crippen LogP contribution >= 0.6 is 11.6 Å². The molecule has 0 spiro atoms. The summed E-state index contributed by atoms with van der Waals surface area (Å²) in [7, 11) is -3.07. The van der Waals surface area contributed by atoms with Gasteiger partial charge in [-0.2, -0.15) is 5.26 Å². The fourth-order valence-corrected chi connectivity index (χ4v) is 5.73. The number of sulfone groups is 1. The molecule has 2 fully saturated rings. The number of carbonyl (C=O) groups excluding carboxylic acids is 1. The number of hydrogen-bond donors (Lipinski definition) is 0. The maximum atomic E-state index is 12.8. The highest BCUT2D eigenvalue weighted by Crippen LogP contribution is 2.30. The highest BCUT2D eigenvalue weighted by Gasteiger charge is 2.39. The van der Waals surface area contributed by atoms with Gasteiger partial charge in [-0.1, -0.05) is 24.4 Å². The van der Waals surface area contributed by atoms with Crippen molar-refractivity contribution in [2.45, 2.75) is 44.2 Å². The topological polar surface area (TPSA) is 87.5 Å². The number of carbonyl (C=O) groups is 1. The summed E-state index contributed by atoms with van der Waals surface area (Å²) in [6.45, 7) is -0.196. The van der Waals surface area contributed by atoms with Crippen molar-refractivity contribution < 1.29 is 17.9 Å². The molecular weight excluding hydrogens is 376 g/mol. The van der Waals surface area contributed by atoms with E-state index in [0.29, 0.717) is 17.7 Å². The Morgan fingerprint density at radius 3 is 2.58 bits per heavy atom. The van der Waals surface area contributed by atoms with E-state index in [-0.39, 0.29) is 41.1 Å². The number of benzene rings is 1. The summed E-state index contributed by atoms with van der Waals surface area (Å²) in [6, 6.07) is 6.43. The molecule has 3 rings (SSSR count). The van der Waals surface area contributed by atoms with Gasteiger partial charge >= 0.3 is 0 Å². The zero-order chi connectivity index (χ0) is 18.7. The number of hydrogen-bond acceptors (Lipinski definition) is 5. The van der Waals surface area contributed by atoms with Crippen molar-refractivity contribution >= 4 is 27.3 Å². The summed E-state index contributed by atoms with van der Waals surface area (Å²) in [4.78, 5) is 14.6. The van der Waals surface area contributed by atoms with Gasteiger partial charge in [0.15, 0.2) is 16.4 Å². The first-order chi connectivity index (χ1) is 12.4. The van der Waals surface area contributed by atoms with Crippen molar-refractivity contribution in [2.75, 3.05) is 18.1 Å². The first-order valence-corrected chi connectivity index (χ1v) is 10.9. The SMILES string of the molecule is N#Cc1ccc(OCC(=O)N(C2CCCC2)[C@@H]2CCS(=O)(=O)C2)c(Cl)c1. The second kappa shape index (κ2) is 7.85. The van der Waals surface area contributed by atoms with Crippen molar-refractivity contribution in [3.63, 3.8) is 0 Å². The number of nitriles is 1. The molecule has 1 atom stereocenters. The minimum atomic E-state index is -3.07. The molecule has 1 heterocycles. The quantitative estimate of drug-likeness (QED) is 0.763. The zero-order valence-corrected chi connectivity index (χ0v) is 15.9. The molecule has 26 heavy (non-hydrogen) atoms. The van der Waals surface area contributed by atoms with Crippen LogP contribution in [0.15, 0.2) is 18.2 Å². The molecule has 0 unspecified atom stereocenters. The summed E-state index contributed by atoms with van der Waals surface area (Å²) < 4.78 is 29.3. The van der Waals surface area contributed by atoms with E-state index in [4.69, 9.17) is 21.6 Å². The van der Waals surface area contributed by atoms with Gasteiger partial charge in [0.05, 0.1) is 28.2 Å². The molecule has 140 valence electrons. The van der Waals surface area contributed by atoms with Crippen molar-refractivity contribution in [1.82, 2.24) is 4.90 Å². The summed E-state index contributed by atoms with van der Waals surface area (Å²) >= 11 is 6.08. The van der Waals surface area contributed by atoms with Crippen molar-refractivity contribution in [1.29, 1.82) is 5.26 Å². The molecule has 1 saturated carbocycles. The fourth-order valence-electron chi connectivity index (χ4n) is 3.78. The number of rotatable bonds is 5. The maximum Gasteiger partial charge on any atom is 0.261 e. The molecule has 1 aromatic rings. The average Bonchev–Trinajstić information content (AvgIpc) is 3.24. The molecule has 6 nitrogen and oxygen atoms in total. The van der Waals surface area contributed by atoms with E-state index in [0.717, 1.165) is 25.7 Å². The summed E-state index contributed by atoms with van der Waals surface area (Å²) in [5.74, 6) is 0.299. The Balaban J connectivity index is 1.70. The minimum Gasteiger partial charge on any atom is -0.482 e. The van der Waals surface area contributed by atoms with E-state index in [2.05, 4.69) is 0 Å². The largest absolute Gasteiger partial charge is 0.482 e. The van der Waals surface area contributed by atoms with Gasteiger partial charge in [-0.05, 0) is 37.5 Å². The first kappa shape index (κ1) is 19.0. The van der Waals surface area contributed by atoms with Crippen LogP contribution in [-0.2, 0) is 14.6 Å². The molecule has 1 saturated heterocycles. The van der Waals surface area contributed by atoms with Crippen LogP contribution in [0, 0.1) is 11.3 Å². The van der Waals surface area contributed by atoms with E-state index in [1.807, 2.05) is 6.07 Å². The smallest absolute Gasteiger partial charge is 0.261 e. The van der Waals surface area contributed by atoms with Gasteiger partial charge in [0.1, 0.15) is 5.75 Å². The van der Waals surface area contributed by atoms with Gasteiger partial charge < -0.3 is 9.64 Å². The van der Waals surface area contributed by atoms with Crippen LogP contribution in [0.1, 0.15) is 37.7 Å². The predicted molar refractivity (Wildman–Crippen MR) is 97.8 cm³/mol. The van der Waals surface area contributed by atoms with Gasteiger partial charge in [-0.3, -0.25) is 4.79 Å². The lowest BCUT2D eigenvalue weighted by Gasteiger charge is -2.34.